The Balaban J connectivity index is 1.69. The van der Waals surface area contributed by atoms with Gasteiger partial charge in [-0.05, 0) is 36.8 Å². The molecular weight excluding hydrogens is 460 g/mol. The number of aliphatic carboxylic acids is 1. The van der Waals surface area contributed by atoms with E-state index < -0.39 is 5.97 Å². The third kappa shape index (κ3) is 4.59. The van der Waals surface area contributed by atoms with Crippen molar-refractivity contribution in [3.8, 4) is 5.69 Å². The van der Waals surface area contributed by atoms with Gasteiger partial charge in [0.25, 0.3) is 0 Å². The lowest BCUT2D eigenvalue weighted by atomic mass is 9.99. The highest BCUT2D eigenvalue weighted by Gasteiger charge is 2.35. The summed E-state index contributed by atoms with van der Waals surface area (Å²) in [5, 5.41) is 19.7. The number of hydrogen-bond donors (Lipinski definition) is 1. The maximum Gasteiger partial charge on any atom is 0.303 e. The Hall–Kier alpha value is -3.26. The van der Waals surface area contributed by atoms with E-state index in [2.05, 4.69) is 26.1 Å². The predicted octanol–water partition coefficient (Wildman–Crippen LogP) is 4.49. The van der Waals surface area contributed by atoms with Crippen LogP contribution in [0.2, 0.25) is 0 Å². The summed E-state index contributed by atoms with van der Waals surface area (Å²) in [6.07, 6.45) is 2.11. The van der Waals surface area contributed by atoms with Crippen molar-refractivity contribution in [1.29, 1.82) is 0 Å². The Bertz CT molecular complexity index is 1160. The Morgan fingerprint density at radius 3 is 2.61 bits per heavy atom. The molecule has 1 amide bonds. The summed E-state index contributed by atoms with van der Waals surface area (Å²) in [6, 6.07) is 17.2. The van der Waals surface area contributed by atoms with E-state index in [-0.39, 0.29) is 24.8 Å². The molecule has 158 valence electrons. The van der Waals surface area contributed by atoms with Crippen LogP contribution in [0.25, 0.3) is 5.69 Å². The second-order valence-corrected chi connectivity index (χ2v) is 8.27. The molecule has 2 heterocycles. The minimum Gasteiger partial charge on any atom is -0.481 e. The van der Waals surface area contributed by atoms with E-state index in [0.717, 1.165) is 32.7 Å². The molecular formula is C23H21BrN4O3. The molecule has 31 heavy (non-hydrogen) atoms. The zero-order chi connectivity index (χ0) is 22.0. The topological polar surface area (TPSA) is 87.8 Å². The monoisotopic (exact) mass is 480 g/mol. The van der Waals surface area contributed by atoms with E-state index in [1.54, 1.807) is 4.68 Å². The van der Waals surface area contributed by atoms with Gasteiger partial charge in [0.2, 0.25) is 5.91 Å². The number of aromatic nitrogens is 2. The number of amides is 1. The number of benzene rings is 2. The molecule has 8 heteroatoms. The Morgan fingerprint density at radius 2 is 1.90 bits per heavy atom. The van der Waals surface area contributed by atoms with Crippen molar-refractivity contribution >= 4 is 33.5 Å². The van der Waals surface area contributed by atoms with Crippen molar-refractivity contribution < 1.29 is 14.7 Å². The van der Waals surface area contributed by atoms with Gasteiger partial charge in [0.05, 0.1) is 29.6 Å². The first-order chi connectivity index (χ1) is 14.9. The van der Waals surface area contributed by atoms with Crippen LogP contribution in [-0.2, 0) is 9.59 Å². The standard InChI is InChI=1S/C23H21BrN4O3/c1-15-19(14-27(25-15)18-8-3-2-4-9-18)21-13-20(16-6-5-7-17(24)12-16)26-28(21)22(29)10-11-23(30)31/h2-9,12,14,21H,10-11,13H2,1H3,(H,30,31). The highest BCUT2D eigenvalue weighted by molar-refractivity contribution is 9.10. The Kier molecular flexibility index (Phi) is 5.99. The number of halogens is 1. The molecule has 0 aliphatic carbocycles. The van der Waals surface area contributed by atoms with Crippen LogP contribution in [0.3, 0.4) is 0 Å². The maximum absolute atomic E-state index is 12.9. The SMILES string of the molecule is Cc1nn(-c2ccccc2)cc1C1CC(c2cccc(Br)c2)=NN1C(=O)CCC(=O)O. The first kappa shape index (κ1) is 21.0. The average molecular weight is 481 g/mol. The van der Waals surface area contributed by atoms with Crippen molar-refractivity contribution in [3.05, 3.63) is 82.1 Å². The third-order valence-electron chi connectivity index (χ3n) is 5.19. The van der Waals surface area contributed by atoms with Gasteiger partial charge in [0, 0.05) is 29.1 Å². The van der Waals surface area contributed by atoms with Crippen LogP contribution in [0.1, 0.15) is 42.1 Å². The molecule has 1 aliphatic rings. The molecule has 0 fully saturated rings. The summed E-state index contributed by atoms with van der Waals surface area (Å²) < 4.78 is 2.72. The zero-order valence-corrected chi connectivity index (χ0v) is 18.5. The van der Waals surface area contributed by atoms with E-state index in [0.29, 0.717) is 6.42 Å². The fourth-order valence-electron chi connectivity index (χ4n) is 3.67. The van der Waals surface area contributed by atoms with E-state index >= 15 is 0 Å². The van der Waals surface area contributed by atoms with E-state index in [9.17, 15) is 9.59 Å². The van der Waals surface area contributed by atoms with Crippen LogP contribution in [0.15, 0.2) is 70.4 Å². The molecule has 0 saturated carbocycles. The first-order valence-electron chi connectivity index (χ1n) is 9.91. The smallest absolute Gasteiger partial charge is 0.303 e. The molecule has 0 saturated heterocycles. The van der Waals surface area contributed by atoms with Gasteiger partial charge in [-0.15, -0.1) is 0 Å². The summed E-state index contributed by atoms with van der Waals surface area (Å²) in [5.74, 6) is -1.32. The first-order valence-corrected chi connectivity index (χ1v) is 10.7. The number of rotatable bonds is 6. The molecule has 1 aliphatic heterocycles. The molecule has 2 aromatic carbocycles. The number of carbonyl (C=O) groups is 2. The molecule has 1 N–H and O–H groups in total. The Morgan fingerprint density at radius 1 is 1.13 bits per heavy atom. The molecule has 1 unspecified atom stereocenters. The highest BCUT2D eigenvalue weighted by Crippen LogP contribution is 2.35. The molecule has 0 spiro atoms. The second kappa shape index (κ2) is 8.85. The Labute approximate surface area is 188 Å². The lowest BCUT2D eigenvalue weighted by Crippen LogP contribution is -2.27. The van der Waals surface area contributed by atoms with Crippen molar-refractivity contribution in [2.45, 2.75) is 32.2 Å². The van der Waals surface area contributed by atoms with Crippen LogP contribution < -0.4 is 0 Å². The molecule has 3 aromatic rings. The number of para-hydroxylation sites is 1. The predicted molar refractivity (Wildman–Crippen MR) is 120 cm³/mol. The lowest BCUT2D eigenvalue weighted by Gasteiger charge is -2.21. The number of hydrazone groups is 1. The number of carbonyl (C=O) groups excluding carboxylic acids is 1. The normalized spacial score (nSPS) is 15.7. The number of nitrogens with zero attached hydrogens (tertiary/aromatic N) is 4. The molecule has 0 bridgehead atoms. The van der Waals surface area contributed by atoms with Gasteiger partial charge < -0.3 is 5.11 Å². The molecule has 1 atom stereocenters. The molecule has 4 rings (SSSR count). The van der Waals surface area contributed by atoms with Crippen LogP contribution in [0.5, 0.6) is 0 Å². The van der Waals surface area contributed by atoms with E-state index in [4.69, 9.17) is 5.11 Å². The summed E-state index contributed by atoms with van der Waals surface area (Å²) in [6.45, 7) is 1.91. The lowest BCUT2D eigenvalue weighted by molar-refractivity contribution is -0.141. The van der Waals surface area contributed by atoms with Crippen LogP contribution in [0.4, 0.5) is 0 Å². The van der Waals surface area contributed by atoms with Gasteiger partial charge in [-0.1, -0.05) is 46.3 Å². The summed E-state index contributed by atoms with van der Waals surface area (Å²) in [5.41, 5.74) is 4.31. The number of hydrogen-bond acceptors (Lipinski definition) is 4. The van der Waals surface area contributed by atoms with E-state index in [1.807, 2.05) is 67.7 Å². The largest absolute Gasteiger partial charge is 0.481 e. The van der Waals surface area contributed by atoms with Gasteiger partial charge in [-0.2, -0.15) is 10.2 Å². The van der Waals surface area contributed by atoms with Gasteiger partial charge in [-0.3, -0.25) is 9.59 Å². The molecule has 0 radical (unpaired) electrons. The molecule has 7 nitrogen and oxygen atoms in total. The summed E-state index contributed by atoms with van der Waals surface area (Å²) >= 11 is 3.48. The van der Waals surface area contributed by atoms with Crippen molar-refractivity contribution in [2.24, 2.45) is 5.10 Å². The van der Waals surface area contributed by atoms with E-state index in [1.165, 1.54) is 5.01 Å². The quantitative estimate of drug-likeness (QED) is 0.562. The highest BCUT2D eigenvalue weighted by atomic mass is 79.9. The van der Waals surface area contributed by atoms with Crippen molar-refractivity contribution in [3.63, 3.8) is 0 Å². The summed E-state index contributed by atoms with van der Waals surface area (Å²) in [4.78, 5) is 23.9. The third-order valence-corrected chi connectivity index (χ3v) is 5.69. The number of carboxylic acids is 1. The van der Waals surface area contributed by atoms with Gasteiger partial charge in [0.15, 0.2) is 0 Å². The maximum atomic E-state index is 12.9. The minimum absolute atomic E-state index is 0.104. The van der Waals surface area contributed by atoms with Crippen LogP contribution in [-0.4, -0.2) is 37.5 Å². The second-order valence-electron chi connectivity index (χ2n) is 7.36. The van der Waals surface area contributed by atoms with Gasteiger partial charge >= 0.3 is 5.97 Å². The van der Waals surface area contributed by atoms with Crippen LogP contribution in [0, 0.1) is 6.92 Å². The molecule has 1 aromatic heterocycles. The zero-order valence-electron chi connectivity index (χ0n) is 16.9. The fourth-order valence-corrected chi connectivity index (χ4v) is 4.07. The van der Waals surface area contributed by atoms with Crippen LogP contribution >= 0.6 is 15.9 Å². The minimum atomic E-state index is -1.01. The van der Waals surface area contributed by atoms with Gasteiger partial charge in [0.1, 0.15) is 0 Å². The van der Waals surface area contributed by atoms with Gasteiger partial charge in [-0.25, -0.2) is 9.69 Å². The fraction of sp³-hybridized carbons (Fsp3) is 0.217. The van der Waals surface area contributed by atoms with Crippen molar-refractivity contribution in [2.75, 3.05) is 0 Å². The average Bonchev–Trinajstić information content (AvgIpc) is 3.36. The van der Waals surface area contributed by atoms with Crippen molar-refractivity contribution in [1.82, 2.24) is 14.8 Å². The number of carboxylic acid groups (broad SMARTS) is 1. The number of aryl methyl sites for hydroxylation is 1. The summed E-state index contributed by atoms with van der Waals surface area (Å²) in [7, 11) is 0.